The first-order chi connectivity index (χ1) is 7.83. The Bertz CT molecular complexity index is 392. The molecule has 3 nitrogen and oxygen atoms in total. The highest BCUT2D eigenvalue weighted by Crippen LogP contribution is 2.28. The predicted molar refractivity (Wildman–Crippen MR) is 59.7 cm³/mol. The lowest BCUT2D eigenvalue weighted by atomic mass is 9.95. The highest BCUT2D eigenvalue weighted by molar-refractivity contribution is 5.29. The van der Waals surface area contributed by atoms with Crippen LogP contribution in [-0.2, 0) is 4.74 Å². The van der Waals surface area contributed by atoms with Gasteiger partial charge >= 0.3 is 0 Å². The number of hydrogen-bond acceptors (Lipinski definition) is 3. The number of halogens is 1. The van der Waals surface area contributed by atoms with Gasteiger partial charge in [-0.05, 0) is 24.5 Å². The minimum Gasteiger partial charge on any atom is -0.501 e. The van der Waals surface area contributed by atoms with Crippen molar-refractivity contribution in [3.63, 3.8) is 0 Å². The fourth-order valence-electron chi connectivity index (χ4n) is 1.90. The molecule has 1 aliphatic rings. The van der Waals surface area contributed by atoms with E-state index in [-0.39, 0.29) is 11.9 Å². The lowest BCUT2D eigenvalue weighted by molar-refractivity contribution is 0.219. The first-order valence-corrected chi connectivity index (χ1v) is 5.34. The number of nitrogens with one attached hydrogen (secondary N) is 1. The molecular formula is C12H15FN2O. The summed E-state index contributed by atoms with van der Waals surface area (Å²) in [7, 11) is 0. The average Bonchev–Trinajstić information content (AvgIpc) is 2.34. The Morgan fingerprint density at radius 1 is 1.38 bits per heavy atom. The molecule has 1 aliphatic heterocycles. The molecule has 0 radical (unpaired) electrons. The van der Waals surface area contributed by atoms with E-state index in [4.69, 9.17) is 10.6 Å². The minimum absolute atomic E-state index is 0.253. The van der Waals surface area contributed by atoms with Crippen LogP contribution in [0.15, 0.2) is 36.1 Å². The van der Waals surface area contributed by atoms with E-state index in [0.717, 1.165) is 25.0 Å². The number of rotatable bonds is 3. The first kappa shape index (κ1) is 11.1. The summed E-state index contributed by atoms with van der Waals surface area (Å²) < 4.78 is 18.9. The van der Waals surface area contributed by atoms with Crippen LogP contribution < -0.4 is 11.3 Å². The zero-order valence-electron chi connectivity index (χ0n) is 8.95. The molecule has 4 heteroatoms. The van der Waals surface area contributed by atoms with E-state index in [0.29, 0.717) is 5.56 Å². The van der Waals surface area contributed by atoms with Crippen molar-refractivity contribution >= 4 is 0 Å². The van der Waals surface area contributed by atoms with Crippen LogP contribution in [0.3, 0.4) is 0 Å². The summed E-state index contributed by atoms with van der Waals surface area (Å²) in [6.45, 7) is 0.720. The standard InChI is InChI=1S/C12H15FN2O/c13-11-6-2-1-5-10(11)12(15-14)9-4-3-7-16-8-9/h1-2,5-6,8,12,15H,3-4,7,14H2. The second kappa shape index (κ2) is 5.09. The van der Waals surface area contributed by atoms with Gasteiger partial charge in [-0.25, -0.2) is 9.82 Å². The van der Waals surface area contributed by atoms with Crippen molar-refractivity contribution in [2.24, 2.45) is 5.84 Å². The van der Waals surface area contributed by atoms with E-state index in [9.17, 15) is 4.39 Å². The molecule has 3 N–H and O–H groups in total. The molecule has 1 unspecified atom stereocenters. The summed E-state index contributed by atoms with van der Waals surface area (Å²) in [5, 5.41) is 0. The van der Waals surface area contributed by atoms with Gasteiger partial charge in [0, 0.05) is 5.56 Å². The molecule has 16 heavy (non-hydrogen) atoms. The molecule has 1 heterocycles. The fourth-order valence-corrected chi connectivity index (χ4v) is 1.90. The Balaban J connectivity index is 2.28. The Morgan fingerprint density at radius 2 is 2.19 bits per heavy atom. The van der Waals surface area contributed by atoms with Crippen molar-refractivity contribution in [3.8, 4) is 0 Å². The van der Waals surface area contributed by atoms with Gasteiger partial charge in [-0.3, -0.25) is 5.84 Å². The Hall–Kier alpha value is -1.39. The summed E-state index contributed by atoms with van der Waals surface area (Å²) in [6.07, 6.45) is 3.50. The van der Waals surface area contributed by atoms with Crippen LogP contribution in [0.4, 0.5) is 4.39 Å². The van der Waals surface area contributed by atoms with Gasteiger partial charge in [0.05, 0.1) is 18.9 Å². The summed E-state index contributed by atoms with van der Waals surface area (Å²) in [5.74, 6) is 5.24. The molecule has 0 spiro atoms. The zero-order chi connectivity index (χ0) is 11.4. The Labute approximate surface area is 94.1 Å². The van der Waals surface area contributed by atoms with E-state index in [1.54, 1.807) is 24.5 Å². The van der Waals surface area contributed by atoms with Crippen molar-refractivity contribution in [3.05, 3.63) is 47.5 Å². The number of ether oxygens (including phenoxy) is 1. The molecule has 1 atom stereocenters. The molecular weight excluding hydrogens is 207 g/mol. The Morgan fingerprint density at radius 3 is 2.81 bits per heavy atom. The molecule has 0 amide bonds. The van der Waals surface area contributed by atoms with Gasteiger partial charge in [-0.2, -0.15) is 0 Å². The van der Waals surface area contributed by atoms with Crippen molar-refractivity contribution in [2.75, 3.05) is 6.61 Å². The third-order valence-corrected chi connectivity index (χ3v) is 2.72. The lowest BCUT2D eigenvalue weighted by Gasteiger charge is -2.23. The van der Waals surface area contributed by atoms with Gasteiger partial charge in [0.1, 0.15) is 5.82 Å². The van der Waals surface area contributed by atoms with Gasteiger partial charge in [-0.15, -0.1) is 0 Å². The van der Waals surface area contributed by atoms with Crippen molar-refractivity contribution in [1.29, 1.82) is 0 Å². The highest BCUT2D eigenvalue weighted by Gasteiger charge is 2.20. The number of benzene rings is 1. The van der Waals surface area contributed by atoms with Crippen LogP contribution >= 0.6 is 0 Å². The molecule has 1 aromatic carbocycles. The third kappa shape index (κ3) is 2.23. The molecule has 0 aliphatic carbocycles. The maximum Gasteiger partial charge on any atom is 0.128 e. The molecule has 2 rings (SSSR count). The molecule has 0 saturated heterocycles. The van der Waals surface area contributed by atoms with E-state index in [1.807, 2.05) is 0 Å². The molecule has 0 saturated carbocycles. The maximum absolute atomic E-state index is 13.6. The third-order valence-electron chi connectivity index (χ3n) is 2.72. The lowest BCUT2D eigenvalue weighted by Crippen LogP contribution is -2.31. The van der Waals surface area contributed by atoms with Crippen LogP contribution in [-0.4, -0.2) is 6.61 Å². The second-order valence-electron chi connectivity index (χ2n) is 3.79. The monoisotopic (exact) mass is 222 g/mol. The van der Waals surface area contributed by atoms with Crippen LogP contribution in [0, 0.1) is 5.82 Å². The van der Waals surface area contributed by atoms with E-state index in [2.05, 4.69) is 5.43 Å². The molecule has 0 aromatic heterocycles. The average molecular weight is 222 g/mol. The highest BCUT2D eigenvalue weighted by atomic mass is 19.1. The van der Waals surface area contributed by atoms with Crippen LogP contribution in [0.1, 0.15) is 24.4 Å². The number of hydrazine groups is 1. The minimum atomic E-state index is -0.304. The fraction of sp³-hybridized carbons (Fsp3) is 0.333. The topological polar surface area (TPSA) is 47.3 Å². The van der Waals surface area contributed by atoms with Crippen LogP contribution in [0.25, 0.3) is 0 Å². The quantitative estimate of drug-likeness (QED) is 0.607. The zero-order valence-corrected chi connectivity index (χ0v) is 8.95. The van der Waals surface area contributed by atoms with Crippen molar-refractivity contribution in [2.45, 2.75) is 18.9 Å². The van der Waals surface area contributed by atoms with E-state index < -0.39 is 0 Å². The van der Waals surface area contributed by atoms with Gasteiger partial charge in [0.25, 0.3) is 0 Å². The Kier molecular flexibility index (Phi) is 3.54. The first-order valence-electron chi connectivity index (χ1n) is 5.34. The van der Waals surface area contributed by atoms with Crippen LogP contribution in [0.2, 0.25) is 0 Å². The number of hydrogen-bond donors (Lipinski definition) is 2. The molecule has 86 valence electrons. The van der Waals surface area contributed by atoms with Gasteiger partial charge in [-0.1, -0.05) is 18.2 Å². The second-order valence-corrected chi connectivity index (χ2v) is 3.79. The summed E-state index contributed by atoms with van der Waals surface area (Å²) in [4.78, 5) is 0. The summed E-state index contributed by atoms with van der Waals surface area (Å²) in [6, 6.07) is 6.33. The smallest absolute Gasteiger partial charge is 0.128 e. The van der Waals surface area contributed by atoms with Gasteiger partial charge in [0.15, 0.2) is 0 Å². The maximum atomic E-state index is 13.6. The largest absolute Gasteiger partial charge is 0.501 e. The predicted octanol–water partition coefficient (Wildman–Crippen LogP) is 2.02. The SMILES string of the molecule is NNC(C1=COCCC1)c1ccccc1F. The van der Waals surface area contributed by atoms with Crippen LogP contribution in [0.5, 0.6) is 0 Å². The van der Waals surface area contributed by atoms with Gasteiger partial charge in [0.2, 0.25) is 0 Å². The summed E-state index contributed by atoms with van der Waals surface area (Å²) in [5.41, 5.74) is 4.18. The molecule has 0 bridgehead atoms. The van der Waals surface area contributed by atoms with E-state index >= 15 is 0 Å². The van der Waals surface area contributed by atoms with E-state index in [1.165, 1.54) is 6.07 Å². The summed E-state index contributed by atoms with van der Waals surface area (Å²) >= 11 is 0. The molecule has 0 fully saturated rings. The van der Waals surface area contributed by atoms with Crippen molar-refractivity contribution < 1.29 is 9.13 Å². The van der Waals surface area contributed by atoms with Gasteiger partial charge < -0.3 is 4.74 Å². The normalized spacial score (nSPS) is 17.5. The number of nitrogens with two attached hydrogens (primary N) is 1. The molecule has 1 aromatic rings. The van der Waals surface area contributed by atoms with Crippen molar-refractivity contribution in [1.82, 2.24) is 5.43 Å².